The van der Waals surface area contributed by atoms with Gasteiger partial charge < -0.3 is 5.32 Å². The van der Waals surface area contributed by atoms with Crippen LogP contribution in [0.4, 0.5) is 4.39 Å². The SMILES string of the molecule is CC(=O)NCC#Cc1cc(F)cc(Cl)c1. The van der Waals surface area contributed by atoms with E-state index in [0.29, 0.717) is 10.6 Å². The first kappa shape index (κ1) is 11.5. The van der Waals surface area contributed by atoms with Crippen molar-refractivity contribution >= 4 is 17.5 Å². The minimum Gasteiger partial charge on any atom is -0.345 e. The van der Waals surface area contributed by atoms with Crippen LogP contribution in [0.25, 0.3) is 0 Å². The van der Waals surface area contributed by atoms with Gasteiger partial charge in [-0.15, -0.1) is 0 Å². The van der Waals surface area contributed by atoms with Gasteiger partial charge in [-0.05, 0) is 18.2 Å². The van der Waals surface area contributed by atoms with Crippen LogP contribution in [0.15, 0.2) is 18.2 Å². The van der Waals surface area contributed by atoms with Crippen molar-refractivity contribution in [2.75, 3.05) is 6.54 Å². The zero-order valence-corrected chi connectivity index (χ0v) is 8.86. The molecule has 1 aromatic rings. The maximum Gasteiger partial charge on any atom is 0.217 e. The highest BCUT2D eigenvalue weighted by molar-refractivity contribution is 6.30. The van der Waals surface area contributed by atoms with E-state index in [1.807, 2.05) is 0 Å². The van der Waals surface area contributed by atoms with Gasteiger partial charge in [-0.2, -0.15) is 0 Å². The summed E-state index contributed by atoms with van der Waals surface area (Å²) in [5.74, 6) is 4.80. The molecular weight excluding hydrogens is 217 g/mol. The van der Waals surface area contributed by atoms with Crippen LogP contribution in [0.5, 0.6) is 0 Å². The second-order valence-electron chi connectivity index (χ2n) is 2.87. The van der Waals surface area contributed by atoms with Gasteiger partial charge in [0.25, 0.3) is 0 Å². The van der Waals surface area contributed by atoms with E-state index in [0.717, 1.165) is 0 Å². The molecule has 0 radical (unpaired) electrons. The molecule has 1 N–H and O–H groups in total. The van der Waals surface area contributed by atoms with Gasteiger partial charge in [0.2, 0.25) is 5.91 Å². The predicted octanol–water partition coefficient (Wildman–Crippen LogP) is 1.97. The van der Waals surface area contributed by atoms with Crippen LogP contribution in [0, 0.1) is 17.7 Å². The molecule has 0 fully saturated rings. The molecule has 15 heavy (non-hydrogen) atoms. The highest BCUT2D eigenvalue weighted by Crippen LogP contribution is 2.12. The van der Waals surface area contributed by atoms with Crippen LogP contribution >= 0.6 is 11.6 Å². The third-order valence-electron chi connectivity index (χ3n) is 1.52. The van der Waals surface area contributed by atoms with Crippen molar-refractivity contribution in [2.24, 2.45) is 0 Å². The lowest BCUT2D eigenvalue weighted by molar-refractivity contribution is -0.118. The third-order valence-corrected chi connectivity index (χ3v) is 1.74. The lowest BCUT2D eigenvalue weighted by atomic mass is 10.2. The highest BCUT2D eigenvalue weighted by atomic mass is 35.5. The number of hydrogen-bond donors (Lipinski definition) is 1. The number of amides is 1. The average Bonchev–Trinajstić information content (AvgIpc) is 2.10. The Morgan fingerprint density at radius 3 is 2.87 bits per heavy atom. The number of hydrogen-bond acceptors (Lipinski definition) is 1. The lowest BCUT2D eigenvalue weighted by Crippen LogP contribution is -2.19. The van der Waals surface area contributed by atoms with Gasteiger partial charge in [0, 0.05) is 17.5 Å². The topological polar surface area (TPSA) is 29.1 Å². The first-order chi connectivity index (χ1) is 7.08. The molecule has 4 heteroatoms. The Balaban J connectivity index is 2.67. The van der Waals surface area contributed by atoms with Crippen molar-refractivity contribution in [2.45, 2.75) is 6.92 Å². The van der Waals surface area contributed by atoms with Crippen LogP contribution in [-0.2, 0) is 4.79 Å². The molecule has 1 aromatic carbocycles. The Bertz CT molecular complexity index is 414. The van der Waals surface area contributed by atoms with Crippen molar-refractivity contribution in [3.05, 3.63) is 34.6 Å². The van der Waals surface area contributed by atoms with Gasteiger partial charge in [-0.25, -0.2) is 4.39 Å². The van der Waals surface area contributed by atoms with E-state index in [4.69, 9.17) is 11.6 Å². The Kier molecular flexibility index (Phi) is 4.14. The number of carbonyl (C=O) groups excluding carboxylic acids is 1. The van der Waals surface area contributed by atoms with E-state index >= 15 is 0 Å². The van der Waals surface area contributed by atoms with Gasteiger partial charge in [0.1, 0.15) is 5.82 Å². The summed E-state index contributed by atoms with van der Waals surface area (Å²) in [6, 6.07) is 4.05. The fourth-order valence-corrected chi connectivity index (χ4v) is 1.16. The Morgan fingerprint density at radius 1 is 1.53 bits per heavy atom. The molecule has 0 saturated carbocycles. The molecule has 0 spiro atoms. The maximum absolute atomic E-state index is 12.8. The Morgan fingerprint density at radius 2 is 2.27 bits per heavy atom. The molecule has 2 nitrogen and oxygen atoms in total. The number of rotatable bonds is 1. The molecular formula is C11H9ClFNO. The molecule has 0 atom stereocenters. The van der Waals surface area contributed by atoms with Crippen molar-refractivity contribution in [1.29, 1.82) is 0 Å². The first-order valence-electron chi connectivity index (χ1n) is 4.27. The maximum atomic E-state index is 12.8. The minimum absolute atomic E-state index is 0.151. The smallest absolute Gasteiger partial charge is 0.217 e. The molecule has 0 aliphatic rings. The highest BCUT2D eigenvalue weighted by Gasteiger charge is 1.95. The fraction of sp³-hybridized carbons (Fsp3) is 0.182. The second-order valence-corrected chi connectivity index (χ2v) is 3.31. The standard InChI is InChI=1S/C11H9ClFNO/c1-8(15)14-4-2-3-9-5-10(12)7-11(13)6-9/h5-7H,4H2,1H3,(H,14,15). The molecule has 1 amide bonds. The molecule has 0 unspecified atom stereocenters. The third kappa shape index (κ3) is 4.48. The normalized spacial score (nSPS) is 9.00. The molecule has 0 aliphatic heterocycles. The van der Waals surface area contributed by atoms with Gasteiger partial charge in [-0.3, -0.25) is 4.79 Å². The predicted molar refractivity (Wildman–Crippen MR) is 57.0 cm³/mol. The van der Waals surface area contributed by atoms with E-state index < -0.39 is 5.82 Å². The molecule has 78 valence electrons. The van der Waals surface area contributed by atoms with Crippen LogP contribution in [0.2, 0.25) is 5.02 Å². The molecule has 1 rings (SSSR count). The number of benzene rings is 1. The average molecular weight is 226 g/mol. The summed E-state index contributed by atoms with van der Waals surface area (Å²) in [5, 5.41) is 2.81. The minimum atomic E-state index is -0.425. The summed E-state index contributed by atoms with van der Waals surface area (Å²) in [4.78, 5) is 10.5. The molecule has 0 bridgehead atoms. The second kappa shape index (κ2) is 5.38. The number of carbonyl (C=O) groups is 1. The summed E-state index contributed by atoms with van der Waals surface area (Å²) < 4.78 is 12.8. The van der Waals surface area contributed by atoms with E-state index in [1.54, 1.807) is 6.07 Å². The number of nitrogens with one attached hydrogen (secondary N) is 1. The van der Waals surface area contributed by atoms with Crippen LogP contribution < -0.4 is 5.32 Å². The van der Waals surface area contributed by atoms with Crippen molar-refractivity contribution in [3.63, 3.8) is 0 Å². The monoisotopic (exact) mass is 225 g/mol. The van der Waals surface area contributed by atoms with Crippen molar-refractivity contribution < 1.29 is 9.18 Å². The molecule has 0 aliphatic carbocycles. The zero-order chi connectivity index (χ0) is 11.3. The Labute approximate surface area is 92.4 Å². The largest absolute Gasteiger partial charge is 0.345 e. The zero-order valence-electron chi connectivity index (χ0n) is 8.10. The van der Waals surface area contributed by atoms with E-state index in [2.05, 4.69) is 17.2 Å². The first-order valence-corrected chi connectivity index (χ1v) is 4.65. The summed E-state index contributed by atoms with van der Waals surface area (Å²) in [6.45, 7) is 1.64. The molecule has 0 aromatic heterocycles. The van der Waals surface area contributed by atoms with Gasteiger partial charge in [0.15, 0.2) is 0 Å². The summed E-state index contributed by atoms with van der Waals surface area (Å²) in [5.41, 5.74) is 0.491. The van der Waals surface area contributed by atoms with Gasteiger partial charge in [0.05, 0.1) is 6.54 Å². The van der Waals surface area contributed by atoms with Crippen LogP contribution in [0.1, 0.15) is 12.5 Å². The van der Waals surface area contributed by atoms with E-state index in [9.17, 15) is 9.18 Å². The summed E-state index contributed by atoms with van der Waals surface area (Å²) in [6.07, 6.45) is 0. The van der Waals surface area contributed by atoms with Crippen molar-refractivity contribution in [3.8, 4) is 11.8 Å². The summed E-state index contributed by atoms with van der Waals surface area (Å²) >= 11 is 5.64. The molecule has 0 heterocycles. The van der Waals surface area contributed by atoms with E-state index in [1.165, 1.54) is 19.1 Å². The van der Waals surface area contributed by atoms with Crippen LogP contribution in [-0.4, -0.2) is 12.5 Å². The van der Waals surface area contributed by atoms with E-state index in [-0.39, 0.29) is 12.5 Å². The Hall–Kier alpha value is -1.53. The summed E-state index contributed by atoms with van der Waals surface area (Å²) in [7, 11) is 0. The quantitative estimate of drug-likeness (QED) is 0.728. The number of halogens is 2. The van der Waals surface area contributed by atoms with Crippen molar-refractivity contribution in [1.82, 2.24) is 5.32 Å². The fourth-order valence-electron chi connectivity index (χ4n) is 0.941. The van der Waals surface area contributed by atoms with Gasteiger partial charge >= 0.3 is 0 Å². The van der Waals surface area contributed by atoms with Gasteiger partial charge in [-0.1, -0.05) is 23.4 Å². The lowest BCUT2D eigenvalue weighted by Gasteiger charge is -1.94. The van der Waals surface area contributed by atoms with Crippen LogP contribution in [0.3, 0.4) is 0 Å². The molecule has 0 saturated heterocycles.